The number of anilines is 1. The van der Waals surface area contributed by atoms with E-state index in [1.54, 1.807) is 24.9 Å². The lowest BCUT2D eigenvalue weighted by Gasteiger charge is -2.16. The average Bonchev–Trinajstić information content (AvgIpc) is 2.84. The third-order valence-electron chi connectivity index (χ3n) is 2.61. The van der Waals surface area contributed by atoms with Gasteiger partial charge in [-0.3, -0.25) is 19.9 Å². The number of nitrogens with one attached hydrogen (secondary N) is 2. The molecule has 0 aliphatic heterocycles. The van der Waals surface area contributed by atoms with Gasteiger partial charge in [0.1, 0.15) is 5.82 Å². The fourth-order valence-electron chi connectivity index (χ4n) is 1.78. The number of H-pyrrole nitrogens is 1. The van der Waals surface area contributed by atoms with Crippen molar-refractivity contribution in [3.63, 3.8) is 0 Å². The van der Waals surface area contributed by atoms with Crippen molar-refractivity contribution in [3.8, 4) is 0 Å². The molecule has 0 unspecified atom stereocenters. The van der Waals surface area contributed by atoms with E-state index in [1.165, 1.54) is 0 Å². The van der Waals surface area contributed by atoms with Crippen LogP contribution >= 0.6 is 0 Å². The monoisotopic (exact) mass is 262 g/mol. The number of rotatable bonds is 2. The van der Waals surface area contributed by atoms with Gasteiger partial charge in [-0.1, -0.05) is 20.8 Å². The number of carbonyl (C=O) groups is 1. The standard InChI is InChI=1S/C12H18N6O/c1-7-13-11(16-15-7)14-10(19)8-6-18(5)17-9(8)12(2,3)4/h6H,1-5H3,(H2,13,14,15,16,19). The molecule has 0 aliphatic rings. The van der Waals surface area contributed by atoms with E-state index in [0.29, 0.717) is 11.4 Å². The van der Waals surface area contributed by atoms with Gasteiger partial charge in [-0.2, -0.15) is 10.1 Å². The first-order valence-corrected chi connectivity index (χ1v) is 6.02. The van der Waals surface area contributed by atoms with Crippen LogP contribution < -0.4 is 5.32 Å². The number of aromatic amines is 1. The van der Waals surface area contributed by atoms with Crippen LogP contribution in [0, 0.1) is 6.92 Å². The molecule has 19 heavy (non-hydrogen) atoms. The van der Waals surface area contributed by atoms with E-state index in [1.807, 2.05) is 20.8 Å². The van der Waals surface area contributed by atoms with Gasteiger partial charge in [-0.05, 0) is 6.92 Å². The summed E-state index contributed by atoms with van der Waals surface area (Å²) in [6.45, 7) is 7.82. The first kappa shape index (κ1) is 13.3. The Labute approximate surface area is 111 Å². The molecule has 0 aliphatic carbocycles. The molecule has 0 atom stereocenters. The molecule has 7 heteroatoms. The molecule has 0 fully saturated rings. The number of aromatic nitrogens is 5. The van der Waals surface area contributed by atoms with Crippen LogP contribution in [0.5, 0.6) is 0 Å². The summed E-state index contributed by atoms with van der Waals surface area (Å²) in [6, 6.07) is 0. The van der Waals surface area contributed by atoms with Crippen molar-refractivity contribution in [1.29, 1.82) is 0 Å². The van der Waals surface area contributed by atoms with Gasteiger partial charge < -0.3 is 0 Å². The first-order chi connectivity index (χ1) is 8.77. The van der Waals surface area contributed by atoms with Gasteiger partial charge >= 0.3 is 0 Å². The number of hydrogen-bond acceptors (Lipinski definition) is 4. The van der Waals surface area contributed by atoms with Crippen LogP contribution in [-0.4, -0.2) is 30.9 Å². The Balaban J connectivity index is 2.29. The highest BCUT2D eigenvalue weighted by atomic mass is 16.1. The Hall–Kier alpha value is -2.18. The van der Waals surface area contributed by atoms with Gasteiger partial charge in [0, 0.05) is 18.7 Å². The molecule has 0 saturated carbocycles. The number of carbonyl (C=O) groups excluding carboxylic acids is 1. The number of amides is 1. The summed E-state index contributed by atoms with van der Waals surface area (Å²) in [6.07, 6.45) is 1.70. The minimum absolute atomic E-state index is 0.206. The Morgan fingerprint density at radius 3 is 2.63 bits per heavy atom. The van der Waals surface area contributed by atoms with Crippen LogP contribution in [0.1, 0.15) is 42.6 Å². The zero-order valence-corrected chi connectivity index (χ0v) is 11.8. The molecular formula is C12H18N6O. The normalized spacial score (nSPS) is 11.6. The molecule has 0 bridgehead atoms. The van der Waals surface area contributed by atoms with E-state index >= 15 is 0 Å². The summed E-state index contributed by atoms with van der Waals surface area (Å²) < 4.78 is 1.64. The Morgan fingerprint density at radius 2 is 2.11 bits per heavy atom. The third-order valence-corrected chi connectivity index (χ3v) is 2.61. The lowest BCUT2D eigenvalue weighted by Crippen LogP contribution is -2.20. The molecular weight excluding hydrogens is 244 g/mol. The largest absolute Gasteiger partial charge is 0.289 e. The zero-order chi connectivity index (χ0) is 14.2. The summed E-state index contributed by atoms with van der Waals surface area (Å²) in [4.78, 5) is 16.3. The highest BCUT2D eigenvalue weighted by molar-refractivity contribution is 6.04. The van der Waals surface area contributed by atoms with Gasteiger partial charge in [0.05, 0.1) is 11.3 Å². The van der Waals surface area contributed by atoms with Crippen molar-refractivity contribution in [2.45, 2.75) is 33.1 Å². The third kappa shape index (κ3) is 2.81. The van der Waals surface area contributed by atoms with Gasteiger partial charge in [-0.15, -0.1) is 5.10 Å². The van der Waals surface area contributed by atoms with Crippen LogP contribution in [0.4, 0.5) is 5.95 Å². The molecule has 1 amide bonds. The summed E-state index contributed by atoms with van der Waals surface area (Å²) >= 11 is 0. The molecule has 2 aromatic heterocycles. The average molecular weight is 262 g/mol. The summed E-state index contributed by atoms with van der Waals surface area (Å²) in [5.74, 6) is 0.667. The summed E-state index contributed by atoms with van der Waals surface area (Å²) in [5.41, 5.74) is 1.08. The Kier molecular flexibility index (Phi) is 3.13. The van der Waals surface area contributed by atoms with E-state index in [0.717, 1.165) is 5.69 Å². The summed E-state index contributed by atoms with van der Waals surface area (Å²) in [7, 11) is 1.79. The maximum atomic E-state index is 12.2. The molecule has 7 nitrogen and oxygen atoms in total. The van der Waals surface area contributed by atoms with E-state index in [2.05, 4.69) is 25.6 Å². The quantitative estimate of drug-likeness (QED) is 0.856. The van der Waals surface area contributed by atoms with Crippen LogP contribution in [0.2, 0.25) is 0 Å². The molecule has 0 radical (unpaired) electrons. The van der Waals surface area contributed by atoms with E-state index in [4.69, 9.17) is 0 Å². The van der Waals surface area contributed by atoms with E-state index in [-0.39, 0.29) is 17.3 Å². The molecule has 0 spiro atoms. The lowest BCUT2D eigenvalue weighted by molar-refractivity contribution is 0.102. The van der Waals surface area contributed by atoms with Crippen molar-refractivity contribution in [2.75, 3.05) is 5.32 Å². The lowest BCUT2D eigenvalue weighted by atomic mass is 9.89. The molecule has 0 aromatic carbocycles. The highest BCUT2D eigenvalue weighted by Gasteiger charge is 2.26. The smallest absolute Gasteiger partial charge is 0.261 e. The fourth-order valence-corrected chi connectivity index (χ4v) is 1.78. The predicted octanol–water partition coefficient (Wildman–Crippen LogP) is 1.40. The maximum absolute atomic E-state index is 12.2. The number of aryl methyl sites for hydroxylation is 2. The van der Waals surface area contributed by atoms with Crippen molar-refractivity contribution in [3.05, 3.63) is 23.3 Å². The van der Waals surface area contributed by atoms with Crippen LogP contribution in [0.3, 0.4) is 0 Å². The topological polar surface area (TPSA) is 88.5 Å². The highest BCUT2D eigenvalue weighted by Crippen LogP contribution is 2.24. The second-order valence-corrected chi connectivity index (χ2v) is 5.51. The van der Waals surface area contributed by atoms with Gasteiger partial charge in [0.25, 0.3) is 5.91 Å². The predicted molar refractivity (Wildman–Crippen MR) is 71.0 cm³/mol. The van der Waals surface area contributed by atoms with Crippen molar-refractivity contribution in [2.24, 2.45) is 7.05 Å². The second-order valence-electron chi connectivity index (χ2n) is 5.51. The number of hydrogen-bond donors (Lipinski definition) is 2. The Bertz CT molecular complexity index is 604. The number of nitrogens with zero attached hydrogens (tertiary/aromatic N) is 4. The molecule has 2 rings (SSSR count). The van der Waals surface area contributed by atoms with Gasteiger partial charge in [0.2, 0.25) is 5.95 Å². The fraction of sp³-hybridized carbons (Fsp3) is 0.500. The molecule has 2 heterocycles. The van der Waals surface area contributed by atoms with Crippen LogP contribution in [-0.2, 0) is 12.5 Å². The van der Waals surface area contributed by atoms with E-state index in [9.17, 15) is 4.79 Å². The van der Waals surface area contributed by atoms with Crippen molar-refractivity contribution in [1.82, 2.24) is 25.0 Å². The van der Waals surface area contributed by atoms with Gasteiger partial charge in [-0.25, -0.2) is 0 Å². The maximum Gasteiger partial charge on any atom is 0.261 e. The van der Waals surface area contributed by atoms with Crippen LogP contribution in [0.15, 0.2) is 6.20 Å². The SMILES string of the molecule is Cc1nc(NC(=O)c2cn(C)nc2C(C)(C)C)n[nH]1. The van der Waals surface area contributed by atoms with Crippen molar-refractivity contribution < 1.29 is 4.79 Å². The van der Waals surface area contributed by atoms with Crippen LogP contribution in [0.25, 0.3) is 0 Å². The Morgan fingerprint density at radius 1 is 1.42 bits per heavy atom. The molecule has 2 N–H and O–H groups in total. The minimum atomic E-state index is -0.253. The minimum Gasteiger partial charge on any atom is -0.289 e. The molecule has 0 saturated heterocycles. The second kappa shape index (κ2) is 4.49. The first-order valence-electron chi connectivity index (χ1n) is 6.02. The molecule has 2 aromatic rings. The summed E-state index contributed by atoms with van der Waals surface area (Å²) in [5, 5.41) is 13.6. The molecule has 102 valence electrons. The zero-order valence-electron chi connectivity index (χ0n) is 11.8. The van der Waals surface area contributed by atoms with E-state index < -0.39 is 0 Å². The van der Waals surface area contributed by atoms with Crippen molar-refractivity contribution >= 4 is 11.9 Å². The van der Waals surface area contributed by atoms with Gasteiger partial charge in [0.15, 0.2) is 0 Å².